The molecule has 0 aliphatic carbocycles. The number of hydrogen-bond acceptors (Lipinski definition) is 3. The maximum atomic E-state index is 6.10. The Labute approximate surface area is 149 Å². The molecule has 2 aromatic rings. The highest BCUT2D eigenvalue weighted by Gasteiger charge is 2.05. The Bertz CT molecular complexity index is 602. The average molecular weight is 348 g/mol. The Balaban J connectivity index is 1.76. The molecule has 0 atom stereocenters. The zero-order chi connectivity index (χ0) is 17.2. The Morgan fingerprint density at radius 3 is 2.58 bits per heavy atom. The van der Waals surface area contributed by atoms with Gasteiger partial charge in [-0.2, -0.15) is 0 Å². The minimum Gasteiger partial charge on any atom is -0.491 e. The molecule has 3 nitrogen and oxygen atoms in total. The second-order valence-corrected chi connectivity index (χ2v) is 6.60. The van der Waals surface area contributed by atoms with E-state index in [2.05, 4.69) is 31.3 Å². The van der Waals surface area contributed by atoms with Gasteiger partial charge in [0.15, 0.2) is 0 Å². The predicted octanol–water partition coefficient (Wildman–Crippen LogP) is 4.68. The Morgan fingerprint density at radius 2 is 1.83 bits per heavy atom. The van der Waals surface area contributed by atoms with Crippen molar-refractivity contribution in [1.82, 2.24) is 5.32 Å². The molecule has 4 heteroatoms. The van der Waals surface area contributed by atoms with Gasteiger partial charge in [-0.15, -0.1) is 0 Å². The molecule has 0 spiro atoms. The summed E-state index contributed by atoms with van der Waals surface area (Å²) in [5, 5.41) is 4.15. The monoisotopic (exact) mass is 347 g/mol. The third kappa shape index (κ3) is 6.91. The first-order chi connectivity index (χ1) is 11.6. The topological polar surface area (TPSA) is 30.5 Å². The SMILES string of the molecule is CC(C)CNCc1cc(Cl)ccc1OCCOCc1ccccc1. The standard InChI is InChI=1S/C20H26ClNO2/c1-16(2)13-22-14-18-12-19(21)8-9-20(18)24-11-10-23-15-17-6-4-3-5-7-17/h3-9,12,16,22H,10-11,13-15H2,1-2H3. The predicted molar refractivity (Wildman–Crippen MR) is 99.6 cm³/mol. The van der Waals surface area contributed by atoms with Gasteiger partial charge < -0.3 is 14.8 Å². The van der Waals surface area contributed by atoms with Gasteiger partial charge in [-0.1, -0.05) is 55.8 Å². The zero-order valence-electron chi connectivity index (χ0n) is 14.4. The molecular formula is C20H26ClNO2. The van der Waals surface area contributed by atoms with E-state index in [9.17, 15) is 0 Å². The smallest absolute Gasteiger partial charge is 0.124 e. The van der Waals surface area contributed by atoms with E-state index in [1.807, 2.05) is 36.4 Å². The molecule has 2 aromatic carbocycles. The number of ether oxygens (including phenoxy) is 2. The molecule has 130 valence electrons. The summed E-state index contributed by atoms with van der Waals surface area (Å²) in [5.41, 5.74) is 2.24. The van der Waals surface area contributed by atoms with Crippen molar-refractivity contribution in [3.8, 4) is 5.75 Å². The zero-order valence-corrected chi connectivity index (χ0v) is 15.2. The van der Waals surface area contributed by atoms with Gasteiger partial charge in [0.05, 0.1) is 13.2 Å². The maximum Gasteiger partial charge on any atom is 0.124 e. The Morgan fingerprint density at radius 1 is 1.04 bits per heavy atom. The fourth-order valence-corrected chi connectivity index (χ4v) is 2.49. The number of rotatable bonds is 10. The van der Waals surface area contributed by atoms with Gasteiger partial charge in [0.1, 0.15) is 12.4 Å². The van der Waals surface area contributed by atoms with Crippen molar-refractivity contribution in [3.05, 3.63) is 64.7 Å². The van der Waals surface area contributed by atoms with Crippen molar-refractivity contribution in [2.45, 2.75) is 27.0 Å². The number of nitrogens with one attached hydrogen (secondary N) is 1. The average Bonchev–Trinajstić information content (AvgIpc) is 2.57. The molecule has 0 bridgehead atoms. The van der Waals surface area contributed by atoms with Crippen LogP contribution >= 0.6 is 11.6 Å². The number of benzene rings is 2. The lowest BCUT2D eigenvalue weighted by molar-refractivity contribution is 0.0886. The van der Waals surface area contributed by atoms with Crippen molar-refractivity contribution in [2.24, 2.45) is 5.92 Å². The van der Waals surface area contributed by atoms with Gasteiger partial charge in [-0.25, -0.2) is 0 Å². The molecular weight excluding hydrogens is 322 g/mol. The summed E-state index contributed by atoms with van der Waals surface area (Å²) >= 11 is 6.10. The second-order valence-electron chi connectivity index (χ2n) is 6.16. The van der Waals surface area contributed by atoms with Gasteiger partial charge in [-0.3, -0.25) is 0 Å². The third-order valence-corrected chi connectivity index (χ3v) is 3.72. The van der Waals surface area contributed by atoms with Crippen molar-refractivity contribution in [1.29, 1.82) is 0 Å². The summed E-state index contributed by atoms with van der Waals surface area (Å²) < 4.78 is 11.5. The molecule has 0 aliphatic heterocycles. The van der Waals surface area contributed by atoms with Crippen LogP contribution in [0.2, 0.25) is 5.02 Å². The Hall–Kier alpha value is -1.55. The van der Waals surface area contributed by atoms with Crippen LogP contribution in [0.4, 0.5) is 0 Å². The van der Waals surface area contributed by atoms with E-state index in [0.29, 0.717) is 25.7 Å². The van der Waals surface area contributed by atoms with Gasteiger partial charge in [0, 0.05) is 17.1 Å². The van der Waals surface area contributed by atoms with Gasteiger partial charge in [0.2, 0.25) is 0 Å². The quantitative estimate of drug-likeness (QED) is 0.633. The molecule has 0 radical (unpaired) electrons. The Kier molecular flexibility index (Phi) is 8.10. The van der Waals surface area contributed by atoms with Crippen molar-refractivity contribution in [2.75, 3.05) is 19.8 Å². The van der Waals surface area contributed by atoms with Crippen LogP contribution in [0.15, 0.2) is 48.5 Å². The molecule has 0 heterocycles. The van der Waals surface area contributed by atoms with Gasteiger partial charge in [-0.05, 0) is 36.2 Å². The summed E-state index contributed by atoms with van der Waals surface area (Å²) in [6.45, 7) is 7.76. The van der Waals surface area contributed by atoms with E-state index in [4.69, 9.17) is 21.1 Å². The maximum absolute atomic E-state index is 6.10. The normalized spacial score (nSPS) is 11.0. The van der Waals surface area contributed by atoms with Crippen LogP contribution in [-0.2, 0) is 17.9 Å². The highest BCUT2D eigenvalue weighted by molar-refractivity contribution is 6.30. The van der Waals surface area contributed by atoms with Crippen molar-refractivity contribution < 1.29 is 9.47 Å². The number of hydrogen-bond donors (Lipinski definition) is 1. The van der Waals surface area contributed by atoms with E-state index in [1.165, 1.54) is 5.56 Å². The molecule has 0 saturated carbocycles. The summed E-state index contributed by atoms with van der Waals surface area (Å²) in [4.78, 5) is 0. The third-order valence-electron chi connectivity index (χ3n) is 3.49. The van der Waals surface area contributed by atoms with Crippen LogP contribution in [0, 0.1) is 5.92 Å². The van der Waals surface area contributed by atoms with Crippen LogP contribution in [0.3, 0.4) is 0 Å². The molecule has 0 unspecified atom stereocenters. The summed E-state index contributed by atoms with van der Waals surface area (Å²) in [5.74, 6) is 1.47. The van der Waals surface area contributed by atoms with E-state index in [-0.39, 0.29) is 0 Å². The summed E-state index contributed by atoms with van der Waals surface area (Å²) in [6.07, 6.45) is 0. The molecule has 1 N–H and O–H groups in total. The minimum atomic E-state index is 0.519. The van der Waals surface area contributed by atoms with E-state index < -0.39 is 0 Å². The first-order valence-corrected chi connectivity index (χ1v) is 8.76. The summed E-state index contributed by atoms with van der Waals surface area (Å²) in [6, 6.07) is 15.9. The molecule has 0 amide bonds. The van der Waals surface area contributed by atoms with Gasteiger partial charge in [0.25, 0.3) is 0 Å². The molecule has 0 fully saturated rings. The van der Waals surface area contributed by atoms with Crippen LogP contribution in [0.5, 0.6) is 5.75 Å². The first-order valence-electron chi connectivity index (χ1n) is 8.39. The van der Waals surface area contributed by atoms with Crippen molar-refractivity contribution >= 4 is 11.6 Å². The fourth-order valence-electron chi connectivity index (χ4n) is 2.30. The first kappa shape index (κ1) is 18.8. The largest absolute Gasteiger partial charge is 0.491 e. The van der Waals surface area contributed by atoms with Gasteiger partial charge >= 0.3 is 0 Å². The fraction of sp³-hybridized carbons (Fsp3) is 0.400. The summed E-state index contributed by atoms with van der Waals surface area (Å²) in [7, 11) is 0. The molecule has 24 heavy (non-hydrogen) atoms. The molecule has 0 aliphatic rings. The minimum absolute atomic E-state index is 0.519. The lowest BCUT2D eigenvalue weighted by atomic mass is 10.2. The lowest BCUT2D eigenvalue weighted by Gasteiger charge is -2.14. The van der Waals surface area contributed by atoms with E-state index in [1.54, 1.807) is 0 Å². The highest BCUT2D eigenvalue weighted by atomic mass is 35.5. The van der Waals surface area contributed by atoms with Crippen LogP contribution in [-0.4, -0.2) is 19.8 Å². The van der Waals surface area contributed by atoms with Crippen LogP contribution in [0.25, 0.3) is 0 Å². The van der Waals surface area contributed by atoms with Crippen LogP contribution in [0.1, 0.15) is 25.0 Å². The second kappa shape index (κ2) is 10.3. The molecule has 0 saturated heterocycles. The number of halogens is 1. The van der Waals surface area contributed by atoms with E-state index >= 15 is 0 Å². The van der Waals surface area contributed by atoms with Crippen molar-refractivity contribution in [3.63, 3.8) is 0 Å². The molecule has 2 rings (SSSR count). The van der Waals surface area contributed by atoms with E-state index in [0.717, 1.165) is 29.4 Å². The van der Waals surface area contributed by atoms with Crippen LogP contribution < -0.4 is 10.1 Å². The molecule has 0 aromatic heterocycles. The lowest BCUT2D eigenvalue weighted by Crippen LogP contribution is -2.19. The highest BCUT2D eigenvalue weighted by Crippen LogP contribution is 2.23.